The van der Waals surface area contributed by atoms with Crippen molar-refractivity contribution in [1.29, 1.82) is 0 Å². The minimum Gasteiger partial charge on any atom is -0.392 e. The second kappa shape index (κ2) is 4.60. The molecule has 14 heavy (non-hydrogen) atoms. The lowest BCUT2D eigenvalue weighted by Crippen LogP contribution is -2.47. The zero-order valence-corrected chi connectivity index (χ0v) is 9.08. The Hall–Kier alpha value is -0.120. The van der Waals surface area contributed by atoms with E-state index in [2.05, 4.69) is 17.3 Å². The van der Waals surface area contributed by atoms with Crippen molar-refractivity contribution in [1.82, 2.24) is 10.2 Å². The summed E-state index contributed by atoms with van der Waals surface area (Å²) >= 11 is 0. The molecule has 0 aromatic rings. The van der Waals surface area contributed by atoms with E-state index in [0.717, 1.165) is 25.4 Å². The number of β-amino-alcohol motifs (C(OH)–C–C–N with tert-alkyl or cyclic N) is 1. The van der Waals surface area contributed by atoms with Gasteiger partial charge in [-0.05, 0) is 51.2 Å². The highest BCUT2D eigenvalue weighted by Crippen LogP contribution is 2.29. The van der Waals surface area contributed by atoms with E-state index >= 15 is 0 Å². The Morgan fingerprint density at radius 1 is 1.36 bits per heavy atom. The molecule has 2 rings (SSSR count). The number of nitrogens with zero attached hydrogens (tertiary/aromatic N) is 1. The number of hydrogen-bond donors (Lipinski definition) is 2. The number of hydrogen-bond acceptors (Lipinski definition) is 3. The van der Waals surface area contributed by atoms with Gasteiger partial charge in [-0.2, -0.15) is 0 Å². The fourth-order valence-corrected chi connectivity index (χ4v) is 2.97. The molecule has 0 bridgehead atoms. The molecule has 2 saturated heterocycles. The van der Waals surface area contributed by atoms with Gasteiger partial charge in [-0.15, -0.1) is 0 Å². The Labute approximate surface area is 86.5 Å². The van der Waals surface area contributed by atoms with Gasteiger partial charge in [0.05, 0.1) is 6.10 Å². The van der Waals surface area contributed by atoms with E-state index in [1.165, 1.54) is 25.9 Å². The molecule has 0 radical (unpaired) electrons. The van der Waals surface area contributed by atoms with E-state index in [1.54, 1.807) is 0 Å². The van der Waals surface area contributed by atoms with Crippen LogP contribution in [0.25, 0.3) is 0 Å². The SMILES string of the molecule is CN1CCCC(C2CCNCC2O)C1. The molecular formula is C11H22N2O. The van der Waals surface area contributed by atoms with Crippen molar-refractivity contribution in [3.8, 4) is 0 Å². The second-order valence-electron chi connectivity index (χ2n) is 4.89. The first-order chi connectivity index (χ1) is 6.77. The molecule has 0 aliphatic carbocycles. The van der Waals surface area contributed by atoms with Gasteiger partial charge in [-0.25, -0.2) is 0 Å². The lowest BCUT2D eigenvalue weighted by Gasteiger charge is -2.39. The molecule has 0 amide bonds. The molecule has 0 saturated carbocycles. The largest absolute Gasteiger partial charge is 0.392 e. The first kappa shape index (κ1) is 10.4. The van der Waals surface area contributed by atoms with Crippen LogP contribution < -0.4 is 5.32 Å². The predicted molar refractivity (Wildman–Crippen MR) is 57.2 cm³/mol. The van der Waals surface area contributed by atoms with Crippen LogP contribution in [0.2, 0.25) is 0 Å². The molecule has 3 unspecified atom stereocenters. The van der Waals surface area contributed by atoms with Gasteiger partial charge in [0.1, 0.15) is 0 Å². The number of nitrogens with one attached hydrogen (secondary N) is 1. The molecule has 0 aromatic heterocycles. The van der Waals surface area contributed by atoms with Crippen LogP contribution in [0.4, 0.5) is 0 Å². The summed E-state index contributed by atoms with van der Waals surface area (Å²) in [4.78, 5) is 2.41. The van der Waals surface area contributed by atoms with Gasteiger partial charge in [0.25, 0.3) is 0 Å². The van der Waals surface area contributed by atoms with Crippen molar-refractivity contribution in [2.24, 2.45) is 11.8 Å². The van der Waals surface area contributed by atoms with E-state index in [9.17, 15) is 5.11 Å². The Kier molecular flexibility index (Phi) is 3.42. The number of likely N-dealkylation sites (tertiary alicyclic amines) is 1. The van der Waals surface area contributed by atoms with Crippen LogP contribution in [0.3, 0.4) is 0 Å². The molecule has 2 fully saturated rings. The zero-order chi connectivity index (χ0) is 9.97. The van der Waals surface area contributed by atoms with Crippen molar-refractivity contribution in [3.05, 3.63) is 0 Å². The number of aliphatic hydroxyl groups excluding tert-OH is 1. The second-order valence-corrected chi connectivity index (χ2v) is 4.89. The maximum Gasteiger partial charge on any atom is 0.0696 e. The van der Waals surface area contributed by atoms with Crippen LogP contribution in [0.15, 0.2) is 0 Å². The standard InChI is InChI=1S/C11H22N2O/c1-13-6-2-3-9(8-13)10-4-5-12-7-11(10)14/h9-12,14H,2-8H2,1H3. The van der Waals surface area contributed by atoms with Gasteiger partial charge in [0.15, 0.2) is 0 Å². The van der Waals surface area contributed by atoms with E-state index in [4.69, 9.17) is 0 Å². The van der Waals surface area contributed by atoms with Gasteiger partial charge in [0, 0.05) is 13.1 Å². The van der Waals surface area contributed by atoms with E-state index < -0.39 is 0 Å². The van der Waals surface area contributed by atoms with Gasteiger partial charge in [-0.3, -0.25) is 0 Å². The van der Waals surface area contributed by atoms with Crippen LogP contribution in [0, 0.1) is 11.8 Å². The summed E-state index contributed by atoms with van der Waals surface area (Å²) < 4.78 is 0. The molecule has 82 valence electrons. The highest BCUT2D eigenvalue weighted by molar-refractivity contribution is 4.85. The molecular weight excluding hydrogens is 176 g/mol. The lowest BCUT2D eigenvalue weighted by molar-refractivity contribution is 0.0235. The van der Waals surface area contributed by atoms with Crippen molar-refractivity contribution in [2.75, 3.05) is 33.2 Å². The summed E-state index contributed by atoms with van der Waals surface area (Å²) in [5.41, 5.74) is 0. The molecule has 2 heterocycles. The van der Waals surface area contributed by atoms with Gasteiger partial charge in [-0.1, -0.05) is 0 Å². The molecule has 2 aliphatic heterocycles. The monoisotopic (exact) mass is 198 g/mol. The smallest absolute Gasteiger partial charge is 0.0696 e. The van der Waals surface area contributed by atoms with E-state index in [-0.39, 0.29) is 6.10 Å². The summed E-state index contributed by atoms with van der Waals surface area (Å²) in [6, 6.07) is 0. The van der Waals surface area contributed by atoms with Crippen molar-refractivity contribution in [2.45, 2.75) is 25.4 Å². The predicted octanol–water partition coefficient (Wildman–Crippen LogP) is 0.299. The maximum absolute atomic E-state index is 9.93. The van der Waals surface area contributed by atoms with Crippen LogP contribution >= 0.6 is 0 Å². The summed E-state index contributed by atoms with van der Waals surface area (Å²) in [5.74, 6) is 1.27. The Bertz CT molecular complexity index is 186. The lowest BCUT2D eigenvalue weighted by atomic mass is 9.78. The quantitative estimate of drug-likeness (QED) is 0.636. The maximum atomic E-state index is 9.93. The van der Waals surface area contributed by atoms with Crippen molar-refractivity contribution in [3.63, 3.8) is 0 Å². The highest BCUT2D eigenvalue weighted by Gasteiger charge is 2.32. The first-order valence-corrected chi connectivity index (χ1v) is 5.84. The molecule has 2 aliphatic rings. The fraction of sp³-hybridized carbons (Fsp3) is 1.00. The van der Waals surface area contributed by atoms with Crippen LogP contribution in [-0.2, 0) is 0 Å². The van der Waals surface area contributed by atoms with Crippen molar-refractivity contribution >= 4 is 0 Å². The highest BCUT2D eigenvalue weighted by atomic mass is 16.3. The third kappa shape index (κ3) is 2.27. The molecule has 3 atom stereocenters. The van der Waals surface area contributed by atoms with Gasteiger partial charge >= 0.3 is 0 Å². The van der Waals surface area contributed by atoms with Gasteiger partial charge in [0.2, 0.25) is 0 Å². The minimum absolute atomic E-state index is 0.111. The van der Waals surface area contributed by atoms with E-state index in [1.807, 2.05) is 0 Å². The normalized spacial score (nSPS) is 41.1. The van der Waals surface area contributed by atoms with Crippen LogP contribution in [-0.4, -0.2) is 49.3 Å². The molecule has 3 nitrogen and oxygen atoms in total. The molecule has 0 spiro atoms. The molecule has 0 aromatic carbocycles. The minimum atomic E-state index is -0.111. The number of rotatable bonds is 1. The fourth-order valence-electron chi connectivity index (χ4n) is 2.97. The number of aliphatic hydroxyl groups is 1. The summed E-state index contributed by atoms with van der Waals surface area (Å²) in [5, 5.41) is 13.2. The topological polar surface area (TPSA) is 35.5 Å². The Morgan fingerprint density at radius 3 is 2.93 bits per heavy atom. The van der Waals surface area contributed by atoms with Gasteiger partial charge < -0.3 is 15.3 Å². The van der Waals surface area contributed by atoms with Crippen LogP contribution in [0.1, 0.15) is 19.3 Å². The third-order valence-electron chi connectivity index (χ3n) is 3.77. The summed E-state index contributed by atoms with van der Waals surface area (Å²) in [6.07, 6.45) is 3.66. The number of piperidine rings is 2. The summed E-state index contributed by atoms with van der Waals surface area (Å²) in [7, 11) is 2.19. The third-order valence-corrected chi connectivity index (χ3v) is 3.77. The Balaban J connectivity index is 1.91. The average molecular weight is 198 g/mol. The average Bonchev–Trinajstić information content (AvgIpc) is 2.18. The summed E-state index contributed by atoms with van der Waals surface area (Å²) in [6.45, 7) is 4.30. The molecule has 3 heteroatoms. The van der Waals surface area contributed by atoms with E-state index in [0.29, 0.717) is 5.92 Å². The van der Waals surface area contributed by atoms with Crippen LogP contribution in [0.5, 0.6) is 0 Å². The zero-order valence-electron chi connectivity index (χ0n) is 9.08. The Morgan fingerprint density at radius 2 is 2.21 bits per heavy atom. The van der Waals surface area contributed by atoms with Crippen molar-refractivity contribution < 1.29 is 5.11 Å². The first-order valence-electron chi connectivity index (χ1n) is 5.84. The molecule has 2 N–H and O–H groups in total.